The first kappa shape index (κ1) is 19.5. The number of hydrogen-bond acceptors (Lipinski definition) is 5. The van der Waals surface area contributed by atoms with Crippen LogP contribution in [-0.2, 0) is 10.5 Å². The maximum absolute atomic E-state index is 12.0. The molecule has 8 heteroatoms. The van der Waals surface area contributed by atoms with Gasteiger partial charge in [-0.3, -0.25) is 14.9 Å². The second-order valence-electron chi connectivity index (χ2n) is 5.27. The van der Waals surface area contributed by atoms with Crippen molar-refractivity contribution >= 4 is 51.6 Å². The van der Waals surface area contributed by atoms with E-state index in [2.05, 4.69) is 27.9 Å². The lowest BCUT2D eigenvalue weighted by Gasteiger charge is -2.08. The van der Waals surface area contributed by atoms with Crippen LogP contribution in [0.1, 0.15) is 11.1 Å². The molecule has 0 fully saturated rings. The lowest BCUT2D eigenvalue weighted by Crippen LogP contribution is -2.14. The summed E-state index contributed by atoms with van der Waals surface area (Å²) in [7, 11) is 1.40. The van der Waals surface area contributed by atoms with Crippen molar-refractivity contribution in [2.75, 3.05) is 18.2 Å². The molecule has 0 aromatic heterocycles. The standard InChI is InChI=1S/C17H17IN2O4S/c1-11-3-5-13(8-14(11)18)19-17(21)10-25-9-12-4-6-16(24-2)15(7-12)20(22)23/h3-8H,9-10H2,1-2H3,(H,19,21). The van der Waals surface area contributed by atoms with E-state index < -0.39 is 4.92 Å². The number of methoxy groups -OCH3 is 1. The third-order valence-corrected chi connectivity index (χ3v) is 5.56. The fourth-order valence-corrected chi connectivity index (χ4v) is 3.39. The minimum absolute atomic E-state index is 0.0701. The van der Waals surface area contributed by atoms with E-state index in [1.165, 1.54) is 24.9 Å². The van der Waals surface area contributed by atoms with E-state index in [1.807, 2.05) is 25.1 Å². The Morgan fingerprint density at radius 1 is 1.32 bits per heavy atom. The Bertz CT molecular complexity index is 798. The highest BCUT2D eigenvalue weighted by atomic mass is 127. The molecule has 2 aromatic carbocycles. The molecule has 0 atom stereocenters. The summed E-state index contributed by atoms with van der Waals surface area (Å²) >= 11 is 3.62. The molecule has 0 aliphatic heterocycles. The first-order valence-electron chi connectivity index (χ1n) is 7.35. The van der Waals surface area contributed by atoms with Crippen LogP contribution in [0, 0.1) is 20.6 Å². The molecule has 2 aromatic rings. The van der Waals surface area contributed by atoms with Crippen molar-refractivity contribution in [3.8, 4) is 5.75 Å². The number of thioether (sulfide) groups is 1. The van der Waals surface area contributed by atoms with Gasteiger partial charge < -0.3 is 10.1 Å². The van der Waals surface area contributed by atoms with E-state index in [9.17, 15) is 14.9 Å². The summed E-state index contributed by atoms with van der Waals surface area (Å²) in [6, 6.07) is 10.6. The lowest BCUT2D eigenvalue weighted by atomic mass is 10.2. The van der Waals surface area contributed by atoms with Crippen molar-refractivity contribution in [3.63, 3.8) is 0 Å². The number of nitro benzene ring substituents is 1. The second-order valence-corrected chi connectivity index (χ2v) is 7.42. The summed E-state index contributed by atoms with van der Waals surface area (Å²) in [6.07, 6.45) is 0. The molecule has 2 rings (SSSR count). The van der Waals surface area contributed by atoms with E-state index >= 15 is 0 Å². The van der Waals surface area contributed by atoms with Crippen LogP contribution in [0.25, 0.3) is 0 Å². The van der Waals surface area contributed by atoms with Gasteiger partial charge in [-0.1, -0.05) is 12.1 Å². The summed E-state index contributed by atoms with van der Waals surface area (Å²) < 4.78 is 6.07. The first-order chi connectivity index (χ1) is 11.9. The number of nitro groups is 1. The van der Waals surface area contributed by atoms with Crippen molar-refractivity contribution < 1.29 is 14.5 Å². The minimum atomic E-state index is -0.473. The van der Waals surface area contributed by atoms with Crippen molar-refractivity contribution in [3.05, 3.63) is 61.2 Å². The van der Waals surface area contributed by atoms with Gasteiger partial charge in [-0.25, -0.2) is 0 Å². The van der Waals surface area contributed by atoms with E-state index in [4.69, 9.17) is 4.74 Å². The SMILES string of the molecule is COc1ccc(CSCC(=O)Nc2ccc(C)c(I)c2)cc1[N+](=O)[O-]. The number of amides is 1. The van der Waals surface area contributed by atoms with Crippen LogP contribution in [0.15, 0.2) is 36.4 Å². The Morgan fingerprint density at radius 3 is 2.72 bits per heavy atom. The molecule has 0 saturated carbocycles. The number of rotatable bonds is 7. The first-order valence-corrected chi connectivity index (χ1v) is 9.59. The minimum Gasteiger partial charge on any atom is -0.490 e. The number of benzene rings is 2. The average molecular weight is 472 g/mol. The van der Waals surface area contributed by atoms with Gasteiger partial charge >= 0.3 is 5.69 Å². The molecule has 1 amide bonds. The van der Waals surface area contributed by atoms with Crippen LogP contribution < -0.4 is 10.1 Å². The largest absolute Gasteiger partial charge is 0.490 e. The fourth-order valence-electron chi connectivity index (χ4n) is 2.10. The summed E-state index contributed by atoms with van der Waals surface area (Å²) in [4.78, 5) is 22.6. The number of carbonyl (C=O) groups excluding carboxylic acids is 1. The Balaban J connectivity index is 1.89. The highest BCUT2D eigenvalue weighted by Gasteiger charge is 2.15. The average Bonchev–Trinajstić information content (AvgIpc) is 2.58. The van der Waals surface area contributed by atoms with E-state index in [-0.39, 0.29) is 23.1 Å². The van der Waals surface area contributed by atoms with Crippen molar-refractivity contribution in [1.82, 2.24) is 0 Å². The van der Waals surface area contributed by atoms with Gasteiger partial charge in [0.2, 0.25) is 5.91 Å². The van der Waals surface area contributed by atoms with Crippen LogP contribution in [0.2, 0.25) is 0 Å². The fraction of sp³-hybridized carbons (Fsp3) is 0.235. The smallest absolute Gasteiger partial charge is 0.311 e. The molecule has 132 valence electrons. The number of ether oxygens (including phenoxy) is 1. The Kier molecular flexibility index (Phi) is 7.06. The molecule has 6 nitrogen and oxygen atoms in total. The van der Waals surface area contributed by atoms with Crippen LogP contribution in [-0.4, -0.2) is 23.7 Å². The highest BCUT2D eigenvalue weighted by molar-refractivity contribution is 14.1. The molecule has 0 bridgehead atoms. The number of nitrogens with one attached hydrogen (secondary N) is 1. The van der Waals surface area contributed by atoms with Gasteiger partial charge in [0.15, 0.2) is 5.75 Å². The Labute approximate surface area is 163 Å². The Hall–Kier alpha value is -1.81. The second kappa shape index (κ2) is 9.04. The van der Waals surface area contributed by atoms with Gasteiger partial charge in [0.1, 0.15) is 0 Å². The molecule has 0 unspecified atom stereocenters. The number of aryl methyl sites for hydroxylation is 1. The molecule has 0 radical (unpaired) electrons. The normalized spacial score (nSPS) is 10.4. The number of nitrogens with zero attached hydrogens (tertiary/aromatic N) is 1. The predicted molar refractivity (Wildman–Crippen MR) is 108 cm³/mol. The monoisotopic (exact) mass is 472 g/mol. The lowest BCUT2D eigenvalue weighted by molar-refractivity contribution is -0.385. The van der Waals surface area contributed by atoms with Gasteiger partial charge in [0.25, 0.3) is 0 Å². The summed E-state index contributed by atoms with van der Waals surface area (Å²) in [5, 5.41) is 13.9. The molecule has 0 heterocycles. The molecule has 0 aliphatic rings. The summed E-state index contributed by atoms with van der Waals surface area (Å²) in [5.74, 6) is 0.895. The highest BCUT2D eigenvalue weighted by Crippen LogP contribution is 2.29. The molecule has 1 N–H and O–H groups in total. The third-order valence-electron chi connectivity index (χ3n) is 3.40. The van der Waals surface area contributed by atoms with Crippen LogP contribution in [0.5, 0.6) is 5.75 Å². The maximum Gasteiger partial charge on any atom is 0.311 e. The van der Waals surface area contributed by atoms with Crippen LogP contribution in [0.3, 0.4) is 0 Å². The van der Waals surface area contributed by atoms with Crippen LogP contribution in [0.4, 0.5) is 11.4 Å². The molecule has 25 heavy (non-hydrogen) atoms. The zero-order valence-electron chi connectivity index (χ0n) is 13.7. The van der Waals surface area contributed by atoms with Gasteiger partial charge in [0, 0.05) is 21.1 Å². The predicted octanol–water partition coefficient (Wildman–Crippen LogP) is 4.39. The number of hydrogen-bond donors (Lipinski definition) is 1. The topological polar surface area (TPSA) is 81.5 Å². The zero-order valence-corrected chi connectivity index (χ0v) is 16.7. The van der Waals surface area contributed by atoms with Crippen molar-refractivity contribution in [1.29, 1.82) is 0 Å². The zero-order chi connectivity index (χ0) is 18.4. The van der Waals surface area contributed by atoms with Gasteiger partial charge in [0.05, 0.1) is 17.8 Å². The number of anilines is 1. The quantitative estimate of drug-likeness (QED) is 0.367. The van der Waals surface area contributed by atoms with Gasteiger partial charge in [-0.2, -0.15) is 0 Å². The maximum atomic E-state index is 12.0. The molecular formula is C17H17IN2O4S. The van der Waals surface area contributed by atoms with Crippen LogP contribution >= 0.6 is 34.4 Å². The van der Waals surface area contributed by atoms with E-state index in [0.717, 1.165) is 20.4 Å². The number of halogens is 1. The molecular weight excluding hydrogens is 455 g/mol. The van der Waals surface area contributed by atoms with Gasteiger partial charge in [-0.15, -0.1) is 11.8 Å². The van der Waals surface area contributed by atoms with Crippen molar-refractivity contribution in [2.24, 2.45) is 0 Å². The Morgan fingerprint density at radius 2 is 2.08 bits per heavy atom. The van der Waals surface area contributed by atoms with Crippen molar-refractivity contribution in [2.45, 2.75) is 12.7 Å². The van der Waals surface area contributed by atoms with E-state index in [1.54, 1.807) is 12.1 Å². The summed E-state index contributed by atoms with van der Waals surface area (Å²) in [6.45, 7) is 2.01. The van der Waals surface area contributed by atoms with Gasteiger partial charge in [-0.05, 0) is 58.8 Å². The molecule has 0 saturated heterocycles. The summed E-state index contributed by atoms with van der Waals surface area (Å²) in [5.41, 5.74) is 2.63. The molecule has 0 spiro atoms. The molecule has 0 aliphatic carbocycles. The van der Waals surface area contributed by atoms with E-state index in [0.29, 0.717) is 5.75 Å². The number of carbonyl (C=O) groups is 1. The third kappa shape index (κ3) is 5.60.